The maximum Gasteiger partial charge on any atom is 0.150 e. The first-order valence-corrected chi connectivity index (χ1v) is 6.27. The molecule has 1 aliphatic rings. The number of benzene rings is 1. The van der Waals surface area contributed by atoms with E-state index in [0.717, 1.165) is 51.0 Å². The van der Waals surface area contributed by atoms with E-state index in [0.29, 0.717) is 0 Å². The van der Waals surface area contributed by atoms with Crippen LogP contribution in [0.25, 0.3) is 0 Å². The maximum absolute atomic E-state index is 11.0. The van der Waals surface area contributed by atoms with Crippen LogP contribution < -0.4 is 5.32 Å². The first kappa shape index (κ1) is 12.3. The van der Waals surface area contributed by atoms with E-state index in [1.165, 1.54) is 11.1 Å². The van der Waals surface area contributed by atoms with Crippen LogP contribution >= 0.6 is 0 Å². The molecule has 0 amide bonds. The van der Waals surface area contributed by atoms with Gasteiger partial charge in [-0.1, -0.05) is 23.8 Å². The van der Waals surface area contributed by atoms with Gasteiger partial charge in [-0.15, -0.1) is 0 Å². The van der Waals surface area contributed by atoms with Gasteiger partial charge in [-0.2, -0.15) is 0 Å². The average molecular weight is 232 g/mol. The number of carbonyl (C=O) groups is 1. The zero-order valence-corrected chi connectivity index (χ0v) is 10.4. The van der Waals surface area contributed by atoms with Gasteiger partial charge in [0.05, 0.1) is 0 Å². The van der Waals surface area contributed by atoms with E-state index in [1.807, 2.05) is 12.1 Å². The van der Waals surface area contributed by atoms with Gasteiger partial charge in [0.1, 0.15) is 6.29 Å². The van der Waals surface area contributed by atoms with E-state index in [-0.39, 0.29) is 0 Å². The molecule has 1 N–H and O–H groups in total. The summed E-state index contributed by atoms with van der Waals surface area (Å²) < 4.78 is 0. The summed E-state index contributed by atoms with van der Waals surface area (Å²) in [5.41, 5.74) is 3.25. The Hall–Kier alpha value is -1.19. The highest BCUT2D eigenvalue weighted by molar-refractivity contribution is 5.77. The van der Waals surface area contributed by atoms with Crippen LogP contribution in [0.3, 0.4) is 0 Å². The van der Waals surface area contributed by atoms with Crippen molar-refractivity contribution >= 4 is 6.29 Å². The lowest BCUT2D eigenvalue weighted by atomic mass is 10.0. The van der Waals surface area contributed by atoms with Crippen LogP contribution in [0.15, 0.2) is 18.2 Å². The van der Waals surface area contributed by atoms with Gasteiger partial charge in [-0.3, -0.25) is 4.79 Å². The molecule has 0 atom stereocenters. The number of hydrogen-bond donors (Lipinski definition) is 1. The van der Waals surface area contributed by atoms with Gasteiger partial charge in [0, 0.05) is 38.3 Å². The topological polar surface area (TPSA) is 32.3 Å². The van der Waals surface area contributed by atoms with E-state index in [2.05, 4.69) is 23.2 Å². The maximum atomic E-state index is 11.0. The lowest BCUT2D eigenvalue weighted by molar-refractivity contribution is 0.112. The Morgan fingerprint density at radius 1 is 1.35 bits per heavy atom. The molecule has 1 heterocycles. The molecule has 17 heavy (non-hydrogen) atoms. The SMILES string of the molecule is Cc1ccc(C=O)c(CCN2CCNCC2)c1. The number of piperazine rings is 1. The molecule has 0 unspecified atom stereocenters. The Kier molecular flexibility index (Phi) is 4.29. The molecule has 1 aromatic rings. The second kappa shape index (κ2) is 5.94. The molecule has 0 saturated carbocycles. The molecule has 0 bridgehead atoms. The third kappa shape index (κ3) is 3.38. The van der Waals surface area contributed by atoms with Crippen molar-refractivity contribution in [3.8, 4) is 0 Å². The Balaban J connectivity index is 1.97. The molecular weight excluding hydrogens is 212 g/mol. The van der Waals surface area contributed by atoms with E-state index < -0.39 is 0 Å². The number of rotatable bonds is 4. The Morgan fingerprint density at radius 3 is 2.82 bits per heavy atom. The van der Waals surface area contributed by atoms with Crippen molar-refractivity contribution in [2.75, 3.05) is 32.7 Å². The van der Waals surface area contributed by atoms with Crippen LogP contribution in [0.1, 0.15) is 21.5 Å². The first-order chi connectivity index (χ1) is 8.29. The van der Waals surface area contributed by atoms with Gasteiger partial charge in [0.15, 0.2) is 0 Å². The Labute approximate surface area is 103 Å². The quantitative estimate of drug-likeness (QED) is 0.793. The zero-order chi connectivity index (χ0) is 12.1. The summed E-state index contributed by atoms with van der Waals surface area (Å²) >= 11 is 0. The van der Waals surface area contributed by atoms with Crippen molar-refractivity contribution < 1.29 is 4.79 Å². The molecular formula is C14H20N2O. The molecule has 3 nitrogen and oxygen atoms in total. The molecule has 0 spiro atoms. The molecule has 1 aromatic carbocycles. The molecule has 1 fully saturated rings. The third-order valence-corrected chi connectivity index (χ3v) is 3.33. The molecule has 1 saturated heterocycles. The molecule has 0 radical (unpaired) electrons. The number of nitrogens with zero attached hydrogens (tertiary/aromatic N) is 1. The molecule has 0 aromatic heterocycles. The average Bonchev–Trinajstić information content (AvgIpc) is 2.38. The molecule has 3 heteroatoms. The fourth-order valence-corrected chi connectivity index (χ4v) is 2.28. The lowest BCUT2D eigenvalue weighted by Crippen LogP contribution is -2.44. The summed E-state index contributed by atoms with van der Waals surface area (Å²) in [6.45, 7) is 7.50. The van der Waals surface area contributed by atoms with Gasteiger partial charge in [-0.25, -0.2) is 0 Å². The predicted octanol–water partition coefficient (Wildman–Crippen LogP) is 1.26. The largest absolute Gasteiger partial charge is 0.314 e. The predicted molar refractivity (Wildman–Crippen MR) is 69.6 cm³/mol. The normalized spacial score (nSPS) is 17.0. The minimum Gasteiger partial charge on any atom is -0.314 e. The Bertz CT molecular complexity index is 384. The summed E-state index contributed by atoms with van der Waals surface area (Å²) in [6.07, 6.45) is 1.93. The van der Waals surface area contributed by atoms with Crippen molar-refractivity contribution in [3.05, 3.63) is 34.9 Å². The fourth-order valence-electron chi connectivity index (χ4n) is 2.28. The van der Waals surface area contributed by atoms with Gasteiger partial charge in [0.2, 0.25) is 0 Å². The molecule has 0 aliphatic carbocycles. The Morgan fingerprint density at radius 2 is 2.12 bits per heavy atom. The second-order valence-electron chi connectivity index (χ2n) is 4.66. The van der Waals surface area contributed by atoms with Crippen molar-refractivity contribution in [3.63, 3.8) is 0 Å². The van der Waals surface area contributed by atoms with Crippen LogP contribution in [0.5, 0.6) is 0 Å². The number of hydrogen-bond acceptors (Lipinski definition) is 3. The monoisotopic (exact) mass is 232 g/mol. The van der Waals surface area contributed by atoms with Crippen molar-refractivity contribution in [1.29, 1.82) is 0 Å². The van der Waals surface area contributed by atoms with E-state index in [9.17, 15) is 4.79 Å². The zero-order valence-electron chi connectivity index (χ0n) is 10.4. The highest BCUT2D eigenvalue weighted by Crippen LogP contribution is 2.11. The molecule has 92 valence electrons. The summed E-state index contributed by atoms with van der Waals surface area (Å²) in [6, 6.07) is 6.05. The van der Waals surface area contributed by atoms with Crippen molar-refractivity contribution in [1.82, 2.24) is 10.2 Å². The molecule has 1 aliphatic heterocycles. The minimum atomic E-state index is 0.839. The number of nitrogens with one attached hydrogen (secondary N) is 1. The van der Waals surface area contributed by atoms with Crippen LogP contribution in [0.4, 0.5) is 0 Å². The smallest absolute Gasteiger partial charge is 0.150 e. The van der Waals surface area contributed by atoms with Crippen LogP contribution in [-0.4, -0.2) is 43.9 Å². The first-order valence-electron chi connectivity index (χ1n) is 6.27. The lowest BCUT2D eigenvalue weighted by Gasteiger charge is -2.27. The van der Waals surface area contributed by atoms with Crippen molar-refractivity contribution in [2.45, 2.75) is 13.3 Å². The van der Waals surface area contributed by atoms with Gasteiger partial charge < -0.3 is 10.2 Å². The van der Waals surface area contributed by atoms with Gasteiger partial charge in [0.25, 0.3) is 0 Å². The van der Waals surface area contributed by atoms with E-state index >= 15 is 0 Å². The van der Waals surface area contributed by atoms with Crippen LogP contribution in [0.2, 0.25) is 0 Å². The minimum absolute atomic E-state index is 0.839. The van der Waals surface area contributed by atoms with E-state index in [4.69, 9.17) is 0 Å². The molecule has 2 rings (SSSR count). The standard InChI is InChI=1S/C14H20N2O/c1-12-2-3-14(11-17)13(10-12)4-7-16-8-5-15-6-9-16/h2-3,10-11,15H,4-9H2,1H3. The number of carbonyl (C=O) groups excluding carboxylic acids is 1. The van der Waals surface area contributed by atoms with Crippen LogP contribution in [0, 0.1) is 6.92 Å². The third-order valence-electron chi connectivity index (χ3n) is 3.33. The summed E-state index contributed by atoms with van der Waals surface area (Å²) in [4.78, 5) is 13.4. The van der Waals surface area contributed by atoms with Crippen molar-refractivity contribution in [2.24, 2.45) is 0 Å². The number of aryl methyl sites for hydroxylation is 1. The highest BCUT2D eigenvalue weighted by atomic mass is 16.1. The van der Waals surface area contributed by atoms with E-state index in [1.54, 1.807) is 0 Å². The summed E-state index contributed by atoms with van der Waals surface area (Å²) in [5, 5.41) is 3.35. The summed E-state index contributed by atoms with van der Waals surface area (Å²) in [5.74, 6) is 0. The van der Waals surface area contributed by atoms with Crippen LogP contribution in [-0.2, 0) is 6.42 Å². The second-order valence-corrected chi connectivity index (χ2v) is 4.66. The van der Waals surface area contributed by atoms with Gasteiger partial charge >= 0.3 is 0 Å². The summed E-state index contributed by atoms with van der Waals surface area (Å²) in [7, 11) is 0. The highest BCUT2D eigenvalue weighted by Gasteiger charge is 2.10. The van der Waals surface area contributed by atoms with Gasteiger partial charge in [-0.05, 0) is 18.9 Å². The number of aldehydes is 1. The fraction of sp³-hybridized carbons (Fsp3) is 0.500.